The molecule has 1 aromatic heterocycles. The Hall–Kier alpha value is -2.63. The summed E-state index contributed by atoms with van der Waals surface area (Å²) in [7, 11) is 1.48. The summed E-state index contributed by atoms with van der Waals surface area (Å²) < 4.78 is 4.83. The van der Waals surface area contributed by atoms with Gasteiger partial charge in [0.2, 0.25) is 0 Å². The van der Waals surface area contributed by atoms with Gasteiger partial charge in [-0.3, -0.25) is 0 Å². The normalized spacial score (nSPS) is 9.79. The van der Waals surface area contributed by atoms with Crippen LogP contribution in [0.1, 0.15) is 5.56 Å². The third-order valence-corrected chi connectivity index (χ3v) is 2.34. The number of carbonyl (C=O) groups excluding carboxylic acids is 1. The molecule has 0 bridgehead atoms. The van der Waals surface area contributed by atoms with E-state index in [0.717, 1.165) is 11.3 Å². The number of anilines is 2. The highest BCUT2D eigenvalue weighted by Crippen LogP contribution is 2.11. The summed E-state index contributed by atoms with van der Waals surface area (Å²) in [5, 5.41) is 5.35. The number of rotatable bonds is 3. The summed E-state index contributed by atoms with van der Waals surface area (Å²) >= 11 is 0. The Kier molecular flexibility index (Phi) is 3.92. The maximum absolute atomic E-state index is 11.7. The van der Waals surface area contributed by atoms with Gasteiger partial charge < -0.3 is 15.4 Å². The van der Waals surface area contributed by atoms with Gasteiger partial charge >= 0.3 is 12.0 Å². The second-order valence-electron chi connectivity index (χ2n) is 3.91. The van der Waals surface area contributed by atoms with Gasteiger partial charge in [0, 0.05) is 5.69 Å². The van der Waals surface area contributed by atoms with Crippen molar-refractivity contribution in [3.63, 3.8) is 0 Å². The molecule has 1 aromatic carbocycles. The Balaban J connectivity index is 1.97. The van der Waals surface area contributed by atoms with Gasteiger partial charge in [-0.2, -0.15) is 0 Å². The molecule has 0 aliphatic heterocycles. The summed E-state index contributed by atoms with van der Waals surface area (Å²) in [4.78, 5) is 19.5. The largest absolute Gasteiger partial charge is 0.467 e. The van der Waals surface area contributed by atoms with Crippen molar-refractivity contribution in [2.45, 2.75) is 6.92 Å². The number of carbonyl (C=O) groups is 1. The number of methoxy groups -OCH3 is 1. The first-order valence-corrected chi connectivity index (χ1v) is 5.68. The van der Waals surface area contributed by atoms with Crippen molar-refractivity contribution in [3.8, 4) is 6.01 Å². The Labute approximate surface area is 110 Å². The number of urea groups is 1. The predicted molar refractivity (Wildman–Crippen MR) is 72.4 cm³/mol. The fourth-order valence-corrected chi connectivity index (χ4v) is 1.50. The molecule has 0 atom stereocenters. The van der Waals surface area contributed by atoms with Gasteiger partial charge in [-0.1, -0.05) is 12.1 Å². The van der Waals surface area contributed by atoms with Gasteiger partial charge in [0.1, 0.15) is 0 Å². The number of aromatic nitrogens is 2. The van der Waals surface area contributed by atoms with Crippen LogP contribution < -0.4 is 15.4 Å². The highest BCUT2D eigenvalue weighted by molar-refractivity contribution is 5.99. The van der Waals surface area contributed by atoms with Crippen LogP contribution in [0.15, 0.2) is 36.7 Å². The minimum absolute atomic E-state index is 0.254. The Bertz CT molecular complexity index is 569. The van der Waals surface area contributed by atoms with E-state index in [9.17, 15) is 4.79 Å². The maximum Gasteiger partial charge on any atom is 0.323 e. The first kappa shape index (κ1) is 12.8. The lowest BCUT2D eigenvalue weighted by Gasteiger charge is -2.07. The van der Waals surface area contributed by atoms with Crippen molar-refractivity contribution in [1.82, 2.24) is 9.97 Å². The molecule has 0 aliphatic rings. The van der Waals surface area contributed by atoms with Crippen LogP contribution in [0.5, 0.6) is 6.01 Å². The van der Waals surface area contributed by atoms with Crippen LogP contribution in [0.25, 0.3) is 0 Å². The number of ether oxygens (including phenoxy) is 1. The standard InChI is InChI=1S/C13H14N4O2/c1-9-4-3-5-10(6-9)16-12(18)17-11-7-14-13(19-2)15-8-11/h3-8H,1-2H3,(H2,16,17,18). The third-order valence-electron chi connectivity index (χ3n) is 2.34. The molecule has 2 aromatic rings. The third kappa shape index (κ3) is 3.67. The maximum atomic E-state index is 11.7. The molecule has 0 unspecified atom stereocenters. The second kappa shape index (κ2) is 5.81. The Morgan fingerprint density at radius 3 is 2.47 bits per heavy atom. The molecule has 6 nitrogen and oxygen atoms in total. The van der Waals surface area contributed by atoms with Crippen molar-refractivity contribution >= 4 is 17.4 Å². The molecule has 19 heavy (non-hydrogen) atoms. The molecule has 98 valence electrons. The van der Waals surface area contributed by atoms with Crippen molar-refractivity contribution in [2.24, 2.45) is 0 Å². The zero-order valence-electron chi connectivity index (χ0n) is 10.7. The number of aryl methyl sites for hydroxylation is 1. The Morgan fingerprint density at radius 2 is 1.84 bits per heavy atom. The first-order chi connectivity index (χ1) is 9.17. The van der Waals surface area contributed by atoms with E-state index in [-0.39, 0.29) is 12.0 Å². The molecule has 0 fully saturated rings. The minimum atomic E-state index is -0.348. The van der Waals surface area contributed by atoms with Crippen LogP contribution in [-0.2, 0) is 0 Å². The van der Waals surface area contributed by atoms with Gasteiger partial charge in [-0.25, -0.2) is 14.8 Å². The molecular formula is C13H14N4O2. The molecular weight excluding hydrogens is 244 g/mol. The highest BCUT2D eigenvalue weighted by atomic mass is 16.5. The van der Waals surface area contributed by atoms with Crippen molar-refractivity contribution in [1.29, 1.82) is 0 Å². The van der Waals surface area contributed by atoms with Crippen LogP contribution in [0.4, 0.5) is 16.2 Å². The van der Waals surface area contributed by atoms with E-state index in [1.807, 2.05) is 31.2 Å². The van der Waals surface area contributed by atoms with E-state index < -0.39 is 0 Å². The van der Waals surface area contributed by atoms with Crippen LogP contribution in [0.2, 0.25) is 0 Å². The second-order valence-corrected chi connectivity index (χ2v) is 3.91. The zero-order valence-corrected chi connectivity index (χ0v) is 10.7. The van der Waals surface area contributed by atoms with Crippen LogP contribution in [-0.4, -0.2) is 23.1 Å². The molecule has 0 radical (unpaired) electrons. The summed E-state index contributed by atoms with van der Waals surface area (Å²) in [6.45, 7) is 1.96. The Morgan fingerprint density at radius 1 is 1.16 bits per heavy atom. The van der Waals surface area contributed by atoms with Crippen molar-refractivity contribution in [3.05, 3.63) is 42.2 Å². The fourth-order valence-electron chi connectivity index (χ4n) is 1.50. The topological polar surface area (TPSA) is 76.1 Å². The first-order valence-electron chi connectivity index (χ1n) is 5.68. The molecule has 0 saturated heterocycles. The molecule has 2 N–H and O–H groups in total. The molecule has 0 spiro atoms. The van der Waals surface area contributed by atoms with Crippen LogP contribution in [0.3, 0.4) is 0 Å². The highest BCUT2D eigenvalue weighted by Gasteiger charge is 2.04. The fraction of sp³-hybridized carbons (Fsp3) is 0.154. The summed E-state index contributed by atoms with van der Waals surface area (Å²) in [6, 6.07) is 7.44. The molecule has 0 aliphatic carbocycles. The van der Waals surface area contributed by atoms with Gasteiger partial charge in [0.15, 0.2) is 0 Å². The van der Waals surface area contributed by atoms with Crippen molar-refractivity contribution < 1.29 is 9.53 Å². The van der Waals surface area contributed by atoms with Gasteiger partial charge in [-0.05, 0) is 24.6 Å². The van der Waals surface area contributed by atoms with E-state index in [4.69, 9.17) is 4.74 Å². The summed E-state index contributed by atoms with van der Waals surface area (Å²) in [6.07, 6.45) is 2.95. The number of hydrogen-bond acceptors (Lipinski definition) is 4. The smallest absolute Gasteiger partial charge is 0.323 e. The van der Waals surface area contributed by atoms with E-state index in [1.165, 1.54) is 19.5 Å². The monoisotopic (exact) mass is 258 g/mol. The SMILES string of the molecule is COc1ncc(NC(=O)Nc2cccc(C)c2)cn1. The van der Waals surface area contributed by atoms with Crippen LogP contribution in [0, 0.1) is 6.92 Å². The molecule has 6 heteroatoms. The summed E-state index contributed by atoms with van der Waals surface area (Å²) in [5.74, 6) is 0. The minimum Gasteiger partial charge on any atom is -0.467 e. The number of amides is 2. The molecule has 0 saturated carbocycles. The predicted octanol–water partition coefficient (Wildman–Crippen LogP) is 2.44. The molecule has 2 rings (SSSR count). The molecule has 2 amide bonds. The van der Waals surface area contributed by atoms with Crippen molar-refractivity contribution in [2.75, 3.05) is 17.7 Å². The quantitative estimate of drug-likeness (QED) is 0.886. The lowest BCUT2D eigenvalue weighted by Crippen LogP contribution is -2.19. The van der Waals surface area contributed by atoms with Crippen LogP contribution >= 0.6 is 0 Å². The van der Waals surface area contributed by atoms with E-state index in [2.05, 4.69) is 20.6 Å². The average molecular weight is 258 g/mol. The zero-order chi connectivity index (χ0) is 13.7. The van der Waals surface area contributed by atoms with Gasteiger partial charge in [-0.15, -0.1) is 0 Å². The van der Waals surface area contributed by atoms with Gasteiger partial charge in [0.25, 0.3) is 0 Å². The number of nitrogens with one attached hydrogen (secondary N) is 2. The number of nitrogens with zero attached hydrogens (tertiary/aromatic N) is 2. The molecule has 1 heterocycles. The van der Waals surface area contributed by atoms with E-state index in [1.54, 1.807) is 0 Å². The lowest BCUT2D eigenvalue weighted by molar-refractivity contribution is 0.262. The summed E-state index contributed by atoms with van der Waals surface area (Å²) in [5.41, 5.74) is 2.29. The number of hydrogen-bond donors (Lipinski definition) is 2. The average Bonchev–Trinajstić information content (AvgIpc) is 2.39. The lowest BCUT2D eigenvalue weighted by atomic mass is 10.2. The number of benzene rings is 1. The van der Waals surface area contributed by atoms with E-state index >= 15 is 0 Å². The van der Waals surface area contributed by atoms with E-state index in [0.29, 0.717) is 5.69 Å². The van der Waals surface area contributed by atoms with Gasteiger partial charge in [0.05, 0.1) is 25.2 Å².